The van der Waals surface area contributed by atoms with Crippen molar-refractivity contribution in [1.82, 2.24) is 0 Å². The number of carbonyl (C=O) groups is 1. The molecule has 0 fully saturated rings. The van der Waals surface area contributed by atoms with Gasteiger partial charge < -0.3 is 5.73 Å². The normalized spacial score (nSPS) is 12.6. The van der Waals surface area contributed by atoms with E-state index in [-0.39, 0.29) is 17.2 Å². The molecule has 2 aromatic rings. The highest BCUT2D eigenvalue weighted by Gasteiger charge is 2.36. The molecule has 110 valence electrons. The van der Waals surface area contributed by atoms with Crippen molar-refractivity contribution >= 4 is 23.0 Å². The monoisotopic (exact) mass is 300 g/mol. The number of benzene rings is 2. The van der Waals surface area contributed by atoms with Crippen molar-refractivity contribution in [2.24, 2.45) is 0 Å². The summed E-state index contributed by atoms with van der Waals surface area (Å²) in [6.45, 7) is 1.94. The molecule has 1 aliphatic rings. The van der Waals surface area contributed by atoms with Gasteiger partial charge in [-0.1, -0.05) is 17.7 Å². The van der Waals surface area contributed by atoms with Gasteiger partial charge >= 0.3 is 0 Å². The molecule has 0 bridgehead atoms. The van der Waals surface area contributed by atoms with Crippen LogP contribution in [0.25, 0.3) is 5.70 Å². The zero-order valence-corrected chi connectivity index (χ0v) is 12.4. The first-order valence-electron chi connectivity index (χ1n) is 6.92. The highest BCUT2D eigenvalue weighted by Crippen LogP contribution is 2.39. The van der Waals surface area contributed by atoms with Gasteiger partial charge in [0.15, 0.2) is 5.57 Å². The van der Waals surface area contributed by atoms with Crippen molar-refractivity contribution in [2.75, 3.05) is 10.6 Å². The van der Waals surface area contributed by atoms with E-state index >= 15 is 0 Å². The van der Waals surface area contributed by atoms with E-state index in [1.165, 1.54) is 4.90 Å². The van der Waals surface area contributed by atoms with Crippen molar-refractivity contribution in [2.45, 2.75) is 6.92 Å². The van der Waals surface area contributed by atoms with E-state index in [0.717, 1.165) is 5.56 Å². The van der Waals surface area contributed by atoms with Crippen molar-refractivity contribution in [1.29, 1.82) is 10.5 Å². The van der Waals surface area contributed by atoms with Crippen LogP contribution in [0.4, 0.5) is 11.4 Å². The fourth-order valence-electron chi connectivity index (χ4n) is 2.60. The summed E-state index contributed by atoms with van der Waals surface area (Å²) in [6.07, 6.45) is 0. The van der Waals surface area contributed by atoms with Crippen LogP contribution in [0.2, 0.25) is 0 Å². The highest BCUT2D eigenvalue weighted by atomic mass is 16.2. The van der Waals surface area contributed by atoms with E-state index in [1.54, 1.807) is 30.3 Å². The summed E-state index contributed by atoms with van der Waals surface area (Å²) in [5.74, 6) is -0.276. The minimum atomic E-state index is -0.276. The number of nitrogens with two attached hydrogens (primary N) is 1. The molecule has 3 rings (SSSR count). The van der Waals surface area contributed by atoms with Gasteiger partial charge in [0.05, 0.1) is 5.70 Å². The van der Waals surface area contributed by atoms with Gasteiger partial charge in [-0.05, 0) is 37.3 Å². The number of nitrogen functional groups attached to an aromatic ring is 1. The Morgan fingerprint density at radius 3 is 2.30 bits per heavy atom. The van der Waals surface area contributed by atoms with Crippen LogP contribution in [0, 0.1) is 29.6 Å². The fraction of sp³-hybridized carbons (Fsp3) is 0.0556. The molecule has 5 nitrogen and oxygen atoms in total. The molecule has 0 aliphatic carbocycles. The van der Waals surface area contributed by atoms with Gasteiger partial charge in [0.25, 0.3) is 5.91 Å². The third-order valence-corrected chi connectivity index (χ3v) is 3.71. The molecule has 0 aromatic heterocycles. The largest absolute Gasteiger partial charge is 0.399 e. The maximum atomic E-state index is 12.8. The minimum absolute atomic E-state index is 0.122. The number of fused-ring (bicyclic) bond motifs is 1. The Kier molecular flexibility index (Phi) is 3.33. The summed E-state index contributed by atoms with van der Waals surface area (Å²) in [5.41, 5.74) is 9.03. The second-order valence-corrected chi connectivity index (χ2v) is 5.23. The number of amides is 1. The maximum absolute atomic E-state index is 12.8. The summed E-state index contributed by atoms with van der Waals surface area (Å²) in [4.78, 5) is 14.2. The smallest absolute Gasteiger partial charge is 0.263 e. The molecule has 23 heavy (non-hydrogen) atoms. The second kappa shape index (κ2) is 5.32. The second-order valence-electron chi connectivity index (χ2n) is 5.23. The first-order chi connectivity index (χ1) is 11.1. The van der Waals surface area contributed by atoms with Crippen LogP contribution >= 0.6 is 0 Å². The van der Waals surface area contributed by atoms with E-state index in [1.807, 2.05) is 31.2 Å². The molecule has 0 radical (unpaired) electrons. The average molecular weight is 300 g/mol. The number of aryl methyl sites for hydroxylation is 1. The molecule has 1 amide bonds. The van der Waals surface area contributed by atoms with E-state index < -0.39 is 0 Å². The molecule has 0 unspecified atom stereocenters. The summed E-state index contributed by atoms with van der Waals surface area (Å²) in [5, 5.41) is 18.6. The van der Waals surface area contributed by atoms with E-state index in [9.17, 15) is 15.3 Å². The Morgan fingerprint density at radius 2 is 1.70 bits per heavy atom. The third-order valence-electron chi connectivity index (χ3n) is 3.71. The maximum Gasteiger partial charge on any atom is 0.263 e. The molecule has 1 aliphatic heterocycles. The number of hydrogen-bond donors (Lipinski definition) is 1. The minimum Gasteiger partial charge on any atom is -0.399 e. The highest BCUT2D eigenvalue weighted by molar-refractivity contribution is 6.23. The first kappa shape index (κ1) is 14.4. The van der Waals surface area contributed by atoms with E-state index in [2.05, 4.69) is 0 Å². The lowest BCUT2D eigenvalue weighted by Crippen LogP contribution is -2.23. The van der Waals surface area contributed by atoms with Crippen LogP contribution in [-0.2, 0) is 0 Å². The third kappa shape index (κ3) is 2.21. The molecule has 2 aromatic carbocycles. The van der Waals surface area contributed by atoms with Crippen LogP contribution in [0.3, 0.4) is 0 Å². The van der Waals surface area contributed by atoms with Crippen LogP contribution < -0.4 is 10.6 Å². The van der Waals surface area contributed by atoms with Crippen LogP contribution in [-0.4, -0.2) is 5.91 Å². The van der Waals surface area contributed by atoms with Gasteiger partial charge in [0.2, 0.25) is 0 Å². The van der Waals surface area contributed by atoms with Gasteiger partial charge in [-0.15, -0.1) is 0 Å². The summed E-state index contributed by atoms with van der Waals surface area (Å²) >= 11 is 0. The lowest BCUT2D eigenvalue weighted by Gasteiger charge is -2.18. The Bertz CT molecular complexity index is 911. The molecule has 1 heterocycles. The van der Waals surface area contributed by atoms with Crippen molar-refractivity contribution < 1.29 is 4.79 Å². The number of anilines is 2. The number of nitrogens with zero attached hydrogens (tertiary/aromatic N) is 3. The van der Waals surface area contributed by atoms with Gasteiger partial charge in [0.1, 0.15) is 12.1 Å². The average Bonchev–Trinajstić information content (AvgIpc) is 2.82. The number of carbonyl (C=O) groups excluding carboxylic acids is 1. The summed E-state index contributed by atoms with van der Waals surface area (Å²) in [7, 11) is 0. The molecule has 0 atom stereocenters. The van der Waals surface area contributed by atoms with Crippen LogP contribution in [0.5, 0.6) is 0 Å². The van der Waals surface area contributed by atoms with Crippen LogP contribution in [0.1, 0.15) is 21.5 Å². The molecular formula is C18H12N4O. The Labute approximate surface area is 133 Å². The lowest BCUT2D eigenvalue weighted by molar-refractivity contribution is 0.101. The number of nitriles is 2. The predicted molar refractivity (Wildman–Crippen MR) is 87.0 cm³/mol. The Balaban J connectivity index is 2.31. The predicted octanol–water partition coefficient (Wildman–Crippen LogP) is 3.00. The molecule has 0 saturated heterocycles. The zero-order chi connectivity index (χ0) is 16.6. The van der Waals surface area contributed by atoms with Crippen molar-refractivity contribution in [3.63, 3.8) is 0 Å². The standard InChI is InChI=1S/C18H12N4O/c1-11-2-5-14(6-3-11)22-17(12(9-19)10-20)16-8-13(21)4-7-15(16)18(22)23/h2-8H,21H2,1H3. The topological polar surface area (TPSA) is 93.9 Å². The Morgan fingerprint density at radius 1 is 1.04 bits per heavy atom. The lowest BCUT2D eigenvalue weighted by atomic mass is 10.0. The number of rotatable bonds is 1. The van der Waals surface area contributed by atoms with Gasteiger partial charge in [0, 0.05) is 22.5 Å². The van der Waals surface area contributed by atoms with Crippen molar-refractivity contribution in [3.05, 3.63) is 64.7 Å². The van der Waals surface area contributed by atoms with Crippen LogP contribution in [0.15, 0.2) is 48.0 Å². The first-order valence-corrected chi connectivity index (χ1v) is 6.92. The van der Waals surface area contributed by atoms with Gasteiger partial charge in [-0.25, -0.2) is 0 Å². The molecule has 2 N–H and O–H groups in total. The van der Waals surface area contributed by atoms with Gasteiger partial charge in [-0.3, -0.25) is 9.69 Å². The quantitative estimate of drug-likeness (QED) is 0.647. The SMILES string of the molecule is Cc1ccc(N2C(=O)c3ccc(N)cc3C2=C(C#N)C#N)cc1. The number of allylic oxidation sites excluding steroid dienone is 1. The van der Waals surface area contributed by atoms with E-state index in [0.29, 0.717) is 22.5 Å². The number of hydrogen-bond acceptors (Lipinski definition) is 4. The van der Waals surface area contributed by atoms with Gasteiger partial charge in [-0.2, -0.15) is 10.5 Å². The molecular weight excluding hydrogens is 288 g/mol. The fourth-order valence-corrected chi connectivity index (χ4v) is 2.60. The molecule has 0 spiro atoms. The van der Waals surface area contributed by atoms with Crippen molar-refractivity contribution in [3.8, 4) is 12.1 Å². The Hall–Kier alpha value is -3.57. The summed E-state index contributed by atoms with van der Waals surface area (Å²) in [6, 6.07) is 15.9. The zero-order valence-electron chi connectivity index (χ0n) is 12.4. The molecule has 5 heteroatoms. The summed E-state index contributed by atoms with van der Waals surface area (Å²) < 4.78 is 0. The molecule has 0 saturated carbocycles. The van der Waals surface area contributed by atoms with E-state index in [4.69, 9.17) is 5.73 Å².